The Bertz CT molecular complexity index is 1280. The van der Waals surface area contributed by atoms with Gasteiger partial charge >= 0.3 is 0 Å². The Morgan fingerprint density at radius 2 is 1.69 bits per heavy atom. The van der Waals surface area contributed by atoms with Crippen molar-refractivity contribution in [3.8, 4) is 0 Å². The summed E-state index contributed by atoms with van der Waals surface area (Å²) in [5, 5.41) is 16.4. The number of amides is 2. The Hall–Kier alpha value is -4.53. The van der Waals surface area contributed by atoms with Gasteiger partial charge in [0.25, 0.3) is 11.6 Å². The summed E-state index contributed by atoms with van der Waals surface area (Å²) in [7, 11) is 0. The van der Waals surface area contributed by atoms with Crippen LogP contribution in [0.15, 0.2) is 72.8 Å². The molecule has 184 valence electrons. The van der Waals surface area contributed by atoms with Crippen molar-refractivity contribution in [2.45, 2.75) is 19.4 Å². The Morgan fingerprint density at radius 3 is 2.36 bits per heavy atom. The zero-order valence-electron chi connectivity index (χ0n) is 19.4. The van der Waals surface area contributed by atoms with Crippen LogP contribution >= 0.6 is 0 Å². The molecule has 3 aromatic rings. The molecule has 0 aromatic heterocycles. The molecule has 1 aliphatic rings. The number of carbonyl (C=O) groups excluding carboxylic acids is 2. The molecule has 0 aliphatic carbocycles. The van der Waals surface area contributed by atoms with Crippen molar-refractivity contribution < 1.29 is 18.9 Å². The topological polar surface area (TPSA) is 105 Å². The van der Waals surface area contributed by atoms with E-state index in [1.807, 2.05) is 6.07 Å². The highest BCUT2D eigenvalue weighted by molar-refractivity contribution is 6.05. The maximum Gasteiger partial charge on any atom is 0.269 e. The lowest BCUT2D eigenvalue weighted by Crippen LogP contribution is -2.27. The number of benzene rings is 3. The summed E-state index contributed by atoms with van der Waals surface area (Å²) < 4.78 is 13.2. The number of anilines is 2. The van der Waals surface area contributed by atoms with E-state index in [-0.39, 0.29) is 24.0 Å². The van der Waals surface area contributed by atoms with Crippen LogP contribution in [0.1, 0.15) is 34.3 Å². The summed E-state index contributed by atoms with van der Waals surface area (Å²) in [6.07, 6.45) is 4.96. The van der Waals surface area contributed by atoms with Gasteiger partial charge in [-0.1, -0.05) is 12.1 Å². The Labute approximate surface area is 207 Å². The van der Waals surface area contributed by atoms with Crippen LogP contribution < -0.4 is 15.5 Å². The number of hydrogen-bond acceptors (Lipinski definition) is 5. The molecular weight excluding hydrogens is 463 g/mol. The van der Waals surface area contributed by atoms with Crippen molar-refractivity contribution in [3.63, 3.8) is 0 Å². The molecule has 3 aromatic carbocycles. The van der Waals surface area contributed by atoms with Crippen molar-refractivity contribution in [2.24, 2.45) is 0 Å². The third-order valence-corrected chi connectivity index (χ3v) is 5.85. The minimum Gasteiger partial charge on any atom is -0.371 e. The maximum absolute atomic E-state index is 13.2. The fraction of sp³-hybridized carbons (Fsp3) is 0.185. The molecule has 1 fully saturated rings. The van der Waals surface area contributed by atoms with E-state index in [1.165, 1.54) is 30.3 Å². The number of nitro benzene ring substituents is 1. The van der Waals surface area contributed by atoms with Gasteiger partial charge in [-0.25, -0.2) is 4.39 Å². The first kappa shape index (κ1) is 24.6. The zero-order chi connectivity index (χ0) is 25.5. The van der Waals surface area contributed by atoms with Crippen molar-refractivity contribution in [2.75, 3.05) is 23.3 Å². The summed E-state index contributed by atoms with van der Waals surface area (Å²) in [5.74, 6) is -1.04. The first-order valence-electron chi connectivity index (χ1n) is 11.5. The third-order valence-electron chi connectivity index (χ3n) is 5.85. The minimum absolute atomic E-state index is 0.0278. The second kappa shape index (κ2) is 11.3. The molecule has 0 saturated carbocycles. The SMILES string of the molecule is O=C(C=Cc1ccc([N+](=O)[O-])cc1)Nc1ccc(N2CCCC2)c(C(=O)NCc2ccc(F)cc2)c1. The van der Waals surface area contributed by atoms with Gasteiger partial charge in [-0.15, -0.1) is 0 Å². The Morgan fingerprint density at radius 1 is 1.00 bits per heavy atom. The molecule has 9 heteroatoms. The molecule has 4 rings (SSSR count). The maximum atomic E-state index is 13.2. The summed E-state index contributed by atoms with van der Waals surface area (Å²) in [6, 6.07) is 17.0. The van der Waals surface area contributed by atoms with Crippen LogP contribution in [-0.4, -0.2) is 29.8 Å². The molecule has 0 spiro atoms. The van der Waals surface area contributed by atoms with Gasteiger partial charge in [0.15, 0.2) is 0 Å². The number of carbonyl (C=O) groups is 2. The lowest BCUT2D eigenvalue weighted by molar-refractivity contribution is -0.384. The third kappa shape index (κ3) is 6.32. The Balaban J connectivity index is 1.47. The van der Waals surface area contributed by atoms with Crippen LogP contribution in [0.2, 0.25) is 0 Å². The highest BCUT2D eigenvalue weighted by Crippen LogP contribution is 2.28. The Kier molecular flexibility index (Phi) is 7.69. The normalized spacial score (nSPS) is 13.1. The van der Waals surface area contributed by atoms with Crippen LogP contribution in [0.5, 0.6) is 0 Å². The molecule has 1 saturated heterocycles. The van der Waals surface area contributed by atoms with Gasteiger partial charge in [0.05, 0.1) is 10.5 Å². The zero-order valence-corrected chi connectivity index (χ0v) is 19.4. The van der Waals surface area contributed by atoms with Gasteiger partial charge in [0.2, 0.25) is 5.91 Å². The quantitative estimate of drug-likeness (QED) is 0.266. The molecule has 0 unspecified atom stereocenters. The predicted molar refractivity (Wildman–Crippen MR) is 136 cm³/mol. The standard InChI is InChI=1S/C27H25FN4O4/c28-21-8-3-20(4-9-21)18-29-27(34)24-17-22(10-13-25(24)31-15-1-2-16-31)30-26(33)14-7-19-5-11-23(12-6-19)32(35)36/h3-14,17H,1-2,15-16,18H2,(H,29,34)(H,30,33). The van der Waals surface area contributed by atoms with Crippen molar-refractivity contribution >= 4 is 35.0 Å². The fourth-order valence-electron chi connectivity index (χ4n) is 3.97. The lowest BCUT2D eigenvalue weighted by Gasteiger charge is -2.22. The van der Waals surface area contributed by atoms with Crippen LogP contribution in [0, 0.1) is 15.9 Å². The smallest absolute Gasteiger partial charge is 0.269 e. The number of nitrogens with one attached hydrogen (secondary N) is 2. The minimum atomic E-state index is -0.487. The molecule has 2 N–H and O–H groups in total. The number of non-ortho nitro benzene ring substituents is 1. The molecule has 8 nitrogen and oxygen atoms in total. The van der Waals surface area contributed by atoms with E-state index < -0.39 is 10.8 Å². The summed E-state index contributed by atoms with van der Waals surface area (Å²) in [6.45, 7) is 1.94. The summed E-state index contributed by atoms with van der Waals surface area (Å²) in [5.41, 5.74) is 3.08. The van der Waals surface area contributed by atoms with Gasteiger partial charge in [0.1, 0.15) is 5.82 Å². The van der Waals surface area contributed by atoms with Crippen molar-refractivity contribution in [1.29, 1.82) is 0 Å². The average molecular weight is 489 g/mol. The van der Waals surface area contributed by atoms with Crippen molar-refractivity contribution in [1.82, 2.24) is 5.32 Å². The number of halogens is 1. The molecule has 1 aliphatic heterocycles. The second-order valence-electron chi connectivity index (χ2n) is 8.41. The number of hydrogen-bond donors (Lipinski definition) is 2. The number of nitrogens with zero attached hydrogens (tertiary/aromatic N) is 2. The largest absolute Gasteiger partial charge is 0.371 e. The molecule has 0 atom stereocenters. The van der Waals surface area contributed by atoms with Crippen LogP contribution in [0.25, 0.3) is 6.08 Å². The molecular formula is C27H25FN4O4. The summed E-state index contributed by atoms with van der Waals surface area (Å²) >= 11 is 0. The monoisotopic (exact) mass is 488 g/mol. The van der Waals surface area contributed by atoms with Gasteiger partial charge in [-0.05, 0) is 72.5 Å². The van der Waals surface area contributed by atoms with E-state index in [0.29, 0.717) is 16.8 Å². The first-order valence-corrected chi connectivity index (χ1v) is 11.5. The molecule has 1 heterocycles. The number of rotatable bonds is 8. The van der Waals surface area contributed by atoms with E-state index in [2.05, 4.69) is 15.5 Å². The highest BCUT2D eigenvalue weighted by atomic mass is 19.1. The van der Waals surface area contributed by atoms with E-state index in [1.54, 1.807) is 42.5 Å². The van der Waals surface area contributed by atoms with E-state index in [9.17, 15) is 24.1 Å². The van der Waals surface area contributed by atoms with Gasteiger partial charge < -0.3 is 15.5 Å². The predicted octanol–water partition coefficient (Wildman–Crippen LogP) is 4.92. The van der Waals surface area contributed by atoms with Crippen LogP contribution in [0.4, 0.5) is 21.5 Å². The fourth-order valence-corrected chi connectivity index (χ4v) is 3.97. The van der Waals surface area contributed by atoms with E-state index in [0.717, 1.165) is 37.2 Å². The van der Waals surface area contributed by atoms with Gasteiger partial charge in [-0.3, -0.25) is 19.7 Å². The van der Waals surface area contributed by atoms with Gasteiger partial charge in [0, 0.05) is 49.2 Å². The van der Waals surface area contributed by atoms with Crippen LogP contribution in [0.3, 0.4) is 0 Å². The average Bonchev–Trinajstić information content (AvgIpc) is 3.42. The van der Waals surface area contributed by atoms with Crippen LogP contribution in [-0.2, 0) is 11.3 Å². The van der Waals surface area contributed by atoms with Gasteiger partial charge in [-0.2, -0.15) is 0 Å². The second-order valence-corrected chi connectivity index (χ2v) is 8.41. The molecule has 0 bridgehead atoms. The lowest BCUT2D eigenvalue weighted by atomic mass is 10.1. The first-order chi connectivity index (χ1) is 17.4. The molecule has 0 radical (unpaired) electrons. The van der Waals surface area contributed by atoms with Crippen molar-refractivity contribution in [3.05, 3.63) is 105 Å². The molecule has 36 heavy (non-hydrogen) atoms. The van der Waals surface area contributed by atoms with E-state index >= 15 is 0 Å². The molecule has 2 amide bonds. The van der Waals surface area contributed by atoms with E-state index in [4.69, 9.17) is 0 Å². The summed E-state index contributed by atoms with van der Waals surface area (Å²) in [4.78, 5) is 38.0. The number of nitro groups is 1. The highest BCUT2D eigenvalue weighted by Gasteiger charge is 2.20.